The molecule has 216 valence electrons. The van der Waals surface area contributed by atoms with Crippen molar-refractivity contribution in [3.63, 3.8) is 0 Å². The number of benzene rings is 3. The molecule has 0 aliphatic carbocycles. The number of hydrogen-bond donors (Lipinski definition) is 1. The van der Waals surface area contributed by atoms with Gasteiger partial charge in [-0.2, -0.15) is 0 Å². The Balaban J connectivity index is 1.41. The monoisotopic (exact) mass is 593 g/mol. The molecule has 8 nitrogen and oxygen atoms in total. The Labute approximate surface area is 248 Å². The van der Waals surface area contributed by atoms with Gasteiger partial charge in [0.2, 0.25) is 0 Å². The minimum absolute atomic E-state index is 0.00226. The molecule has 10 heteroatoms. The number of carbonyl (C=O) groups is 1. The smallest absolute Gasteiger partial charge is 0.285 e. The zero-order valence-corrected chi connectivity index (χ0v) is 25.0. The van der Waals surface area contributed by atoms with Gasteiger partial charge < -0.3 is 19.3 Å². The van der Waals surface area contributed by atoms with Gasteiger partial charge in [0.25, 0.3) is 11.6 Å². The molecule has 1 fully saturated rings. The average molecular weight is 594 g/mol. The fourth-order valence-corrected chi connectivity index (χ4v) is 8.64. The summed E-state index contributed by atoms with van der Waals surface area (Å²) < 4.78 is 8.44. The summed E-state index contributed by atoms with van der Waals surface area (Å²) in [4.78, 5) is 27.2. The predicted octanol–water partition coefficient (Wildman–Crippen LogP) is 6.71. The number of thioether (sulfide) groups is 2. The molecule has 5 rings (SSSR count). The third kappa shape index (κ3) is 5.91. The maximum absolute atomic E-state index is 13.8. The van der Waals surface area contributed by atoms with Crippen LogP contribution in [0.1, 0.15) is 42.6 Å². The molecule has 0 radical (unpaired) electrons. The van der Waals surface area contributed by atoms with Crippen LogP contribution in [0.4, 0.5) is 5.69 Å². The number of aliphatic hydroxyl groups is 1. The van der Waals surface area contributed by atoms with Crippen LogP contribution in [0, 0.1) is 10.1 Å². The fraction of sp³-hybridized carbons (Fsp3) is 0.387. The number of ether oxygens (including phenoxy) is 1. The highest BCUT2D eigenvalue weighted by molar-refractivity contribution is 8.17. The van der Waals surface area contributed by atoms with Crippen molar-refractivity contribution in [3.05, 3.63) is 81.9 Å². The Hall–Kier alpha value is -3.21. The molecule has 1 amide bonds. The Kier molecular flexibility index (Phi) is 9.42. The number of nitro groups is 1. The normalized spacial score (nSPS) is 15.3. The molecule has 1 saturated heterocycles. The van der Waals surface area contributed by atoms with E-state index in [4.69, 9.17) is 4.74 Å². The van der Waals surface area contributed by atoms with E-state index in [0.29, 0.717) is 18.7 Å². The van der Waals surface area contributed by atoms with Crippen molar-refractivity contribution in [1.82, 2.24) is 9.47 Å². The summed E-state index contributed by atoms with van der Waals surface area (Å²) in [5, 5.41) is 24.6. The van der Waals surface area contributed by atoms with Gasteiger partial charge in [-0.25, -0.2) is 0 Å². The quantitative estimate of drug-likeness (QED) is 0.111. The van der Waals surface area contributed by atoms with Gasteiger partial charge in [0.1, 0.15) is 17.9 Å². The van der Waals surface area contributed by atoms with Gasteiger partial charge in [-0.1, -0.05) is 50.2 Å². The minimum atomic E-state index is -0.529. The van der Waals surface area contributed by atoms with E-state index in [1.54, 1.807) is 4.90 Å². The van der Waals surface area contributed by atoms with Gasteiger partial charge in [0.05, 0.1) is 34.8 Å². The van der Waals surface area contributed by atoms with Crippen LogP contribution in [0.25, 0.3) is 21.8 Å². The molecule has 3 aromatic carbocycles. The number of para-hydroxylation sites is 2. The Morgan fingerprint density at radius 3 is 2.29 bits per heavy atom. The van der Waals surface area contributed by atoms with Crippen molar-refractivity contribution < 1.29 is 19.6 Å². The lowest BCUT2D eigenvalue weighted by molar-refractivity contribution is -0.385. The van der Waals surface area contributed by atoms with Crippen molar-refractivity contribution in [2.45, 2.75) is 50.5 Å². The van der Waals surface area contributed by atoms with Crippen LogP contribution in [0.15, 0.2) is 60.7 Å². The molecule has 41 heavy (non-hydrogen) atoms. The van der Waals surface area contributed by atoms with E-state index in [9.17, 15) is 20.0 Å². The lowest BCUT2D eigenvalue weighted by atomic mass is 10.1. The lowest BCUT2D eigenvalue weighted by Crippen LogP contribution is -2.41. The molecule has 0 saturated carbocycles. The lowest BCUT2D eigenvalue weighted by Gasteiger charge is -2.31. The van der Waals surface area contributed by atoms with E-state index >= 15 is 0 Å². The number of rotatable bonds is 12. The van der Waals surface area contributed by atoms with E-state index < -0.39 is 11.5 Å². The van der Waals surface area contributed by atoms with Crippen molar-refractivity contribution in [3.8, 4) is 5.75 Å². The molecule has 1 atom stereocenters. The molecule has 4 aromatic rings. The van der Waals surface area contributed by atoms with Gasteiger partial charge in [-0.05, 0) is 42.5 Å². The molecule has 2 heterocycles. The van der Waals surface area contributed by atoms with Gasteiger partial charge in [0.15, 0.2) is 0 Å². The molecular weight excluding hydrogens is 558 g/mol. The summed E-state index contributed by atoms with van der Waals surface area (Å²) in [6.07, 6.45) is 1.74. The summed E-state index contributed by atoms with van der Waals surface area (Å²) in [6.45, 7) is 5.12. The molecule has 0 unspecified atom stereocenters. The van der Waals surface area contributed by atoms with Crippen LogP contribution in [-0.4, -0.2) is 60.7 Å². The molecule has 0 bridgehead atoms. The summed E-state index contributed by atoms with van der Waals surface area (Å²) >= 11 is 3.63. The van der Waals surface area contributed by atoms with Gasteiger partial charge in [-0.3, -0.25) is 14.9 Å². The van der Waals surface area contributed by atoms with E-state index in [0.717, 1.165) is 46.2 Å². The number of nitro benzene ring substituents is 1. The number of likely N-dealkylation sites (tertiary alicyclic amines) is 1. The van der Waals surface area contributed by atoms with Crippen LogP contribution < -0.4 is 4.74 Å². The number of hydrogen-bond acceptors (Lipinski definition) is 7. The van der Waals surface area contributed by atoms with Crippen LogP contribution >= 0.6 is 23.5 Å². The second-order valence-electron chi connectivity index (χ2n) is 9.91. The van der Waals surface area contributed by atoms with Gasteiger partial charge >= 0.3 is 0 Å². The molecule has 1 aliphatic heterocycles. The van der Waals surface area contributed by atoms with Gasteiger partial charge in [-0.15, -0.1) is 23.5 Å². The third-order valence-electron chi connectivity index (χ3n) is 7.56. The first-order chi connectivity index (χ1) is 20.0. The number of aromatic nitrogens is 1. The number of amides is 1. The van der Waals surface area contributed by atoms with Crippen LogP contribution in [0.5, 0.6) is 5.75 Å². The SMILES string of the molecule is CCSC(SCC)[C@@H]1CCCN1C(=O)c1cc(CO)c(OCCn2c3ccccc3c3ccccc32)cc1[N+](=O)[O-]. The minimum Gasteiger partial charge on any atom is -0.491 e. The zero-order chi connectivity index (χ0) is 28.9. The first kappa shape index (κ1) is 29.3. The Morgan fingerprint density at radius 2 is 1.71 bits per heavy atom. The van der Waals surface area contributed by atoms with E-state index in [1.807, 2.05) is 47.8 Å². The Morgan fingerprint density at radius 1 is 1.07 bits per heavy atom. The van der Waals surface area contributed by atoms with Crippen molar-refractivity contribution >= 4 is 56.9 Å². The largest absolute Gasteiger partial charge is 0.491 e. The topological polar surface area (TPSA) is 97.8 Å². The van der Waals surface area contributed by atoms with Gasteiger partial charge in [0, 0.05) is 33.9 Å². The van der Waals surface area contributed by atoms with E-state index in [1.165, 1.54) is 12.1 Å². The van der Waals surface area contributed by atoms with Crippen LogP contribution in [-0.2, 0) is 13.2 Å². The molecule has 1 aliphatic rings. The molecule has 1 aromatic heterocycles. The highest BCUT2D eigenvalue weighted by Crippen LogP contribution is 2.38. The number of aliphatic hydroxyl groups excluding tert-OH is 1. The summed E-state index contributed by atoms with van der Waals surface area (Å²) in [6, 6.07) is 19.1. The second kappa shape index (κ2) is 13.2. The zero-order valence-electron chi connectivity index (χ0n) is 23.3. The Bertz CT molecular complexity index is 1500. The highest BCUT2D eigenvalue weighted by Gasteiger charge is 2.38. The number of carbonyl (C=O) groups excluding carboxylic acids is 1. The van der Waals surface area contributed by atoms with Crippen LogP contribution in [0.3, 0.4) is 0 Å². The first-order valence-corrected chi connectivity index (χ1v) is 16.1. The van der Waals surface area contributed by atoms with Crippen molar-refractivity contribution in [2.24, 2.45) is 0 Å². The maximum Gasteiger partial charge on any atom is 0.285 e. The third-order valence-corrected chi connectivity index (χ3v) is 10.3. The van der Waals surface area contributed by atoms with E-state index in [-0.39, 0.29) is 40.1 Å². The molecular formula is C31H35N3O5S2. The van der Waals surface area contributed by atoms with E-state index in [2.05, 4.69) is 42.7 Å². The molecule has 0 spiro atoms. The average Bonchev–Trinajstić information content (AvgIpc) is 3.60. The number of nitrogens with zero attached hydrogens (tertiary/aromatic N) is 3. The summed E-state index contributed by atoms with van der Waals surface area (Å²) in [5.41, 5.74) is 2.22. The molecule has 1 N–H and O–H groups in total. The first-order valence-electron chi connectivity index (χ1n) is 14.0. The fourth-order valence-electron chi connectivity index (χ4n) is 5.77. The van der Waals surface area contributed by atoms with Crippen molar-refractivity contribution in [1.29, 1.82) is 0 Å². The summed E-state index contributed by atoms with van der Waals surface area (Å²) in [5.74, 6) is 1.73. The van der Waals surface area contributed by atoms with Crippen LogP contribution in [0.2, 0.25) is 0 Å². The predicted molar refractivity (Wildman–Crippen MR) is 168 cm³/mol. The highest BCUT2D eigenvalue weighted by atomic mass is 32.2. The second-order valence-corrected chi connectivity index (χ2v) is 13.0. The van der Waals surface area contributed by atoms with Crippen molar-refractivity contribution in [2.75, 3.05) is 24.7 Å². The maximum atomic E-state index is 13.8. The number of fused-ring (bicyclic) bond motifs is 3. The standard InChI is InChI=1S/C31H35N3O5S2/c1-3-40-31(41-4-2)27-14-9-15-33(27)30(36)24-18-21(20-35)29(19-28(24)34(37)38)39-17-16-32-25-12-7-5-10-22(25)23-11-6-8-13-26(23)32/h5-8,10-13,18-19,27,31,35H,3-4,9,14-17,20H2,1-2H3/t27-/m0/s1. The summed E-state index contributed by atoms with van der Waals surface area (Å²) in [7, 11) is 0.